The zero-order chi connectivity index (χ0) is 24.6. The number of methoxy groups -OCH3 is 1. The number of nitrogens with zero attached hydrogens (tertiary/aromatic N) is 2. The van der Waals surface area contributed by atoms with E-state index in [2.05, 4.69) is 14.5 Å². The van der Waals surface area contributed by atoms with E-state index in [1.54, 1.807) is 18.3 Å². The van der Waals surface area contributed by atoms with E-state index in [0.29, 0.717) is 43.1 Å². The van der Waals surface area contributed by atoms with Crippen molar-refractivity contribution in [1.82, 2.24) is 9.55 Å². The van der Waals surface area contributed by atoms with E-state index in [1.807, 2.05) is 47.9 Å². The first-order valence-corrected chi connectivity index (χ1v) is 10.6. The Kier molecular flexibility index (Phi) is 8.34. The summed E-state index contributed by atoms with van der Waals surface area (Å²) < 4.78 is 53.7. The molecule has 180 valence electrons. The molecular formula is C25H25F3N2O4. The van der Waals surface area contributed by atoms with Crippen molar-refractivity contribution in [2.45, 2.75) is 32.7 Å². The molecule has 0 aliphatic heterocycles. The molecule has 0 atom stereocenters. The lowest BCUT2D eigenvalue weighted by Crippen LogP contribution is -2.17. The minimum Gasteiger partial charge on any atom is -0.489 e. The van der Waals surface area contributed by atoms with Gasteiger partial charge in [0.2, 0.25) is 0 Å². The number of esters is 1. The van der Waals surface area contributed by atoms with Crippen molar-refractivity contribution in [2.24, 2.45) is 0 Å². The third-order valence-corrected chi connectivity index (χ3v) is 4.95. The Labute approximate surface area is 195 Å². The zero-order valence-corrected chi connectivity index (χ0v) is 18.8. The van der Waals surface area contributed by atoms with E-state index in [0.717, 1.165) is 11.3 Å². The lowest BCUT2D eigenvalue weighted by molar-refractivity contribution is -0.274. The lowest BCUT2D eigenvalue weighted by Gasteiger charge is -2.15. The molecule has 0 spiro atoms. The molecule has 0 aliphatic rings. The monoisotopic (exact) mass is 474 g/mol. The Balaban J connectivity index is 1.71. The summed E-state index contributed by atoms with van der Waals surface area (Å²) in [6, 6.07) is 13.2. The molecule has 0 saturated heterocycles. The highest BCUT2D eigenvalue weighted by Crippen LogP contribution is 2.28. The van der Waals surface area contributed by atoms with E-state index in [1.165, 1.54) is 19.2 Å². The molecule has 6 nitrogen and oxygen atoms in total. The lowest BCUT2D eigenvalue weighted by atomic mass is 10.1. The van der Waals surface area contributed by atoms with Gasteiger partial charge in [0.1, 0.15) is 23.9 Å². The maximum absolute atomic E-state index is 12.4. The van der Waals surface area contributed by atoms with Crippen LogP contribution in [0.5, 0.6) is 11.5 Å². The van der Waals surface area contributed by atoms with Gasteiger partial charge in [-0.05, 0) is 43.7 Å². The highest BCUT2D eigenvalue weighted by atomic mass is 19.4. The highest BCUT2D eigenvalue weighted by molar-refractivity contribution is 5.69. The molecule has 0 fully saturated rings. The van der Waals surface area contributed by atoms with Crippen LogP contribution in [-0.2, 0) is 16.1 Å². The number of allylic oxidation sites excluding steroid dienone is 1. The SMILES string of the molecule is COC(=O)CCC=CCOc1ccccc1Cn1c(C)cnc1-c1ccc(OC(F)(F)F)cc1. The number of halogens is 3. The molecule has 0 saturated carbocycles. The van der Waals surface area contributed by atoms with Gasteiger partial charge in [-0.2, -0.15) is 0 Å². The number of para-hydroxylation sites is 1. The molecule has 9 heteroatoms. The molecule has 34 heavy (non-hydrogen) atoms. The van der Waals surface area contributed by atoms with Crippen LogP contribution in [0.4, 0.5) is 13.2 Å². The first kappa shape index (κ1) is 24.9. The fraction of sp³-hybridized carbons (Fsp3) is 0.280. The Morgan fingerprint density at radius 1 is 1.09 bits per heavy atom. The third kappa shape index (κ3) is 7.13. The van der Waals surface area contributed by atoms with Gasteiger partial charge in [0, 0.05) is 29.4 Å². The molecule has 0 N–H and O–H groups in total. The summed E-state index contributed by atoms with van der Waals surface area (Å²) in [5.74, 6) is 0.774. The van der Waals surface area contributed by atoms with E-state index in [9.17, 15) is 18.0 Å². The van der Waals surface area contributed by atoms with Crippen molar-refractivity contribution < 1.29 is 32.2 Å². The molecule has 0 radical (unpaired) electrons. The number of imidazole rings is 1. The van der Waals surface area contributed by atoms with Crippen LogP contribution in [0.15, 0.2) is 66.9 Å². The molecule has 1 heterocycles. The average Bonchev–Trinajstić information content (AvgIpc) is 3.16. The van der Waals surface area contributed by atoms with Gasteiger partial charge in [-0.25, -0.2) is 4.98 Å². The summed E-state index contributed by atoms with van der Waals surface area (Å²) in [6.45, 7) is 2.71. The van der Waals surface area contributed by atoms with E-state index < -0.39 is 6.36 Å². The van der Waals surface area contributed by atoms with Crippen molar-refractivity contribution in [3.63, 3.8) is 0 Å². The summed E-state index contributed by atoms with van der Waals surface area (Å²) >= 11 is 0. The van der Waals surface area contributed by atoms with Crippen LogP contribution in [0.25, 0.3) is 11.4 Å². The molecule has 0 bridgehead atoms. The second-order valence-corrected chi connectivity index (χ2v) is 7.39. The quantitative estimate of drug-likeness (QED) is 0.279. The molecule has 2 aromatic carbocycles. The molecular weight excluding hydrogens is 449 g/mol. The fourth-order valence-corrected chi connectivity index (χ4v) is 3.27. The van der Waals surface area contributed by atoms with Crippen LogP contribution < -0.4 is 9.47 Å². The fourth-order valence-electron chi connectivity index (χ4n) is 3.27. The highest BCUT2D eigenvalue weighted by Gasteiger charge is 2.31. The number of benzene rings is 2. The second-order valence-electron chi connectivity index (χ2n) is 7.39. The number of carbonyl (C=O) groups excluding carboxylic acids is 1. The average molecular weight is 474 g/mol. The Bertz CT molecular complexity index is 1120. The van der Waals surface area contributed by atoms with E-state index in [4.69, 9.17) is 4.74 Å². The molecule has 0 unspecified atom stereocenters. The van der Waals surface area contributed by atoms with Crippen molar-refractivity contribution >= 4 is 5.97 Å². The number of aryl methyl sites for hydroxylation is 1. The van der Waals surface area contributed by atoms with E-state index >= 15 is 0 Å². The van der Waals surface area contributed by atoms with Crippen molar-refractivity contribution in [3.05, 3.63) is 78.1 Å². The largest absolute Gasteiger partial charge is 0.573 e. The Hall–Kier alpha value is -3.75. The van der Waals surface area contributed by atoms with Gasteiger partial charge in [0.25, 0.3) is 0 Å². The topological polar surface area (TPSA) is 62.6 Å². The maximum atomic E-state index is 12.4. The smallest absolute Gasteiger partial charge is 0.489 e. The van der Waals surface area contributed by atoms with Gasteiger partial charge in [-0.1, -0.05) is 30.4 Å². The number of hydrogen-bond donors (Lipinski definition) is 0. The van der Waals surface area contributed by atoms with Gasteiger partial charge in [0.15, 0.2) is 0 Å². The summed E-state index contributed by atoms with van der Waals surface area (Å²) in [5.41, 5.74) is 2.47. The van der Waals surface area contributed by atoms with Crippen LogP contribution in [-0.4, -0.2) is 35.6 Å². The van der Waals surface area contributed by atoms with Crippen molar-refractivity contribution in [1.29, 1.82) is 0 Å². The normalized spacial score (nSPS) is 11.6. The number of alkyl halides is 3. The maximum Gasteiger partial charge on any atom is 0.573 e. The first-order chi connectivity index (χ1) is 16.3. The van der Waals surface area contributed by atoms with Gasteiger partial charge < -0.3 is 18.8 Å². The summed E-state index contributed by atoms with van der Waals surface area (Å²) in [6.07, 6.45) is 1.57. The van der Waals surface area contributed by atoms with Crippen molar-refractivity contribution in [2.75, 3.05) is 13.7 Å². The predicted molar refractivity (Wildman–Crippen MR) is 121 cm³/mol. The zero-order valence-electron chi connectivity index (χ0n) is 18.8. The predicted octanol–water partition coefficient (Wildman–Crippen LogP) is 5.69. The third-order valence-electron chi connectivity index (χ3n) is 4.95. The summed E-state index contributed by atoms with van der Waals surface area (Å²) in [4.78, 5) is 15.6. The molecule has 0 amide bonds. The van der Waals surface area contributed by atoms with Gasteiger partial charge in [-0.3, -0.25) is 4.79 Å². The van der Waals surface area contributed by atoms with E-state index in [-0.39, 0.29) is 11.7 Å². The summed E-state index contributed by atoms with van der Waals surface area (Å²) in [7, 11) is 1.36. The minimum absolute atomic E-state index is 0.259. The molecule has 1 aromatic heterocycles. The first-order valence-electron chi connectivity index (χ1n) is 10.6. The van der Waals surface area contributed by atoms with Crippen LogP contribution in [0.2, 0.25) is 0 Å². The second kappa shape index (κ2) is 11.4. The van der Waals surface area contributed by atoms with Gasteiger partial charge in [0.05, 0.1) is 13.7 Å². The standard InChI is InChI=1S/C25H25F3N2O4/c1-18-16-29-24(19-11-13-21(14-12-19)34-25(26,27)28)30(18)17-20-8-5-6-9-22(20)33-15-7-3-4-10-23(31)32-2/h3,5-9,11-14,16H,4,10,15,17H2,1-2H3. The Morgan fingerprint density at radius 3 is 2.53 bits per heavy atom. The van der Waals surface area contributed by atoms with Gasteiger partial charge >= 0.3 is 12.3 Å². The number of aromatic nitrogens is 2. The van der Waals surface area contributed by atoms with Crippen LogP contribution in [0.3, 0.4) is 0 Å². The Morgan fingerprint density at radius 2 is 1.82 bits per heavy atom. The van der Waals surface area contributed by atoms with Crippen LogP contribution in [0, 0.1) is 6.92 Å². The number of hydrogen-bond acceptors (Lipinski definition) is 5. The van der Waals surface area contributed by atoms with Crippen molar-refractivity contribution in [3.8, 4) is 22.9 Å². The van der Waals surface area contributed by atoms with Crippen LogP contribution >= 0.6 is 0 Å². The van der Waals surface area contributed by atoms with Gasteiger partial charge in [-0.15, -0.1) is 13.2 Å². The van der Waals surface area contributed by atoms with Crippen LogP contribution in [0.1, 0.15) is 24.1 Å². The number of rotatable bonds is 10. The molecule has 3 rings (SSSR count). The minimum atomic E-state index is -4.74. The molecule has 3 aromatic rings. The number of carbonyl (C=O) groups is 1. The molecule has 0 aliphatic carbocycles. The number of ether oxygens (including phenoxy) is 3. The summed E-state index contributed by atoms with van der Waals surface area (Å²) in [5, 5.41) is 0.